The van der Waals surface area contributed by atoms with Gasteiger partial charge in [0.15, 0.2) is 0 Å². The molecule has 0 aromatic carbocycles. The van der Waals surface area contributed by atoms with E-state index in [-0.39, 0.29) is 0 Å². The van der Waals surface area contributed by atoms with Gasteiger partial charge in [0.05, 0.1) is 6.10 Å². The average molecular weight is 259 g/mol. The lowest BCUT2D eigenvalue weighted by molar-refractivity contribution is -0.143. The van der Waals surface area contributed by atoms with Crippen LogP contribution in [-0.4, -0.2) is 46.9 Å². The Bertz CT molecular complexity index is 277. The fourth-order valence-electron chi connectivity index (χ4n) is 2.01. The zero-order valence-electron chi connectivity index (χ0n) is 10.3. The summed E-state index contributed by atoms with van der Waals surface area (Å²) in [6.45, 7) is 2.65. The number of ether oxygens (including phenoxy) is 1. The first-order valence-electron chi connectivity index (χ1n) is 6.30. The Morgan fingerprint density at radius 2 is 2.29 bits per heavy atom. The van der Waals surface area contributed by atoms with E-state index in [1.165, 1.54) is 0 Å². The molecule has 2 atom stereocenters. The summed E-state index contributed by atoms with van der Waals surface area (Å²) in [6.07, 6.45) is 4.81. The van der Waals surface area contributed by atoms with Gasteiger partial charge in [0.2, 0.25) is 0 Å². The summed E-state index contributed by atoms with van der Waals surface area (Å²) in [6, 6.07) is 0.416. The highest BCUT2D eigenvalue weighted by Crippen LogP contribution is 2.26. The minimum atomic E-state index is -0.787. The van der Waals surface area contributed by atoms with Crippen molar-refractivity contribution < 1.29 is 14.6 Å². The molecular formula is C12H21NO3S. The van der Waals surface area contributed by atoms with Crippen LogP contribution in [0.1, 0.15) is 32.6 Å². The van der Waals surface area contributed by atoms with Crippen LogP contribution < -0.4 is 5.32 Å². The van der Waals surface area contributed by atoms with Crippen molar-refractivity contribution in [2.45, 2.75) is 50.3 Å². The molecular weight excluding hydrogens is 238 g/mol. The van der Waals surface area contributed by atoms with Gasteiger partial charge in [0, 0.05) is 24.2 Å². The summed E-state index contributed by atoms with van der Waals surface area (Å²) in [4.78, 5) is 11.3. The normalized spacial score (nSPS) is 27.9. The molecule has 98 valence electrons. The molecule has 2 N–H and O–H groups in total. The van der Waals surface area contributed by atoms with Crippen LogP contribution in [0.5, 0.6) is 0 Å². The van der Waals surface area contributed by atoms with Crippen LogP contribution in [0.15, 0.2) is 0 Å². The van der Waals surface area contributed by atoms with E-state index < -0.39 is 11.5 Å². The SMILES string of the molecule is CC(CSCC1CCCO1)(NC1CC1)C(=O)O. The van der Waals surface area contributed by atoms with Gasteiger partial charge in [0.25, 0.3) is 0 Å². The van der Waals surface area contributed by atoms with Gasteiger partial charge >= 0.3 is 5.97 Å². The predicted molar refractivity (Wildman–Crippen MR) is 68.5 cm³/mol. The van der Waals surface area contributed by atoms with Crippen LogP contribution in [0, 0.1) is 0 Å². The van der Waals surface area contributed by atoms with Crippen LogP contribution >= 0.6 is 11.8 Å². The number of carbonyl (C=O) groups is 1. The molecule has 0 aromatic heterocycles. The zero-order chi connectivity index (χ0) is 12.3. The molecule has 2 unspecified atom stereocenters. The maximum atomic E-state index is 11.3. The summed E-state index contributed by atoms with van der Waals surface area (Å²) < 4.78 is 5.53. The van der Waals surface area contributed by atoms with Crippen LogP contribution in [-0.2, 0) is 9.53 Å². The maximum Gasteiger partial charge on any atom is 0.324 e. The third-order valence-corrected chi connectivity index (χ3v) is 4.68. The Morgan fingerprint density at radius 1 is 1.53 bits per heavy atom. The number of hydrogen-bond donors (Lipinski definition) is 2. The molecule has 0 spiro atoms. The molecule has 17 heavy (non-hydrogen) atoms. The first-order chi connectivity index (χ1) is 8.10. The lowest BCUT2D eigenvalue weighted by Crippen LogP contribution is -2.52. The van der Waals surface area contributed by atoms with E-state index in [9.17, 15) is 9.90 Å². The van der Waals surface area contributed by atoms with Gasteiger partial charge < -0.3 is 9.84 Å². The summed E-state index contributed by atoms with van der Waals surface area (Å²) in [5, 5.41) is 12.5. The van der Waals surface area contributed by atoms with E-state index in [0.29, 0.717) is 17.9 Å². The Morgan fingerprint density at radius 3 is 2.82 bits per heavy atom. The fourth-order valence-corrected chi connectivity index (χ4v) is 3.27. The Balaban J connectivity index is 1.73. The molecule has 2 rings (SSSR count). The maximum absolute atomic E-state index is 11.3. The number of hydrogen-bond acceptors (Lipinski definition) is 4. The van der Waals surface area contributed by atoms with Crippen molar-refractivity contribution in [3.8, 4) is 0 Å². The minimum Gasteiger partial charge on any atom is -0.480 e. The minimum absolute atomic E-state index is 0.332. The molecule has 1 heterocycles. The third-order valence-electron chi connectivity index (χ3n) is 3.29. The molecule has 1 aliphatic heterocycles. The number of thioether (sulfide) groups is 1. The van der Waals surface area contributed by atoms with E-state index in [4.69, 9.17) is 4.74 Å². The summed E-state index contributed by atoms with van der Waals surface area (Å²) in [7, 11) is 0. The molecule has 0 aromatic rings. The number of carboxylic acids is 1. The smallest absolute Gasteiger partial charge is 0.324 e. The molecule has 4 nitrogen and oxygen atoms in total. The number of carboxylic acid groups (broad SMARTS) is 1. The van der Waals surface area contributed by atoms with Crippen molar-refractivity contribution in [2.24, 2.45) is 0 Å². The zero-order valence-corrected chi connectivity index (χ0v) is 11.1. The Labute approximate surface area is 106 Å². The molecule has 0 bridgehead atoms. The van der Waals surface area contributed by atoms with Crippen LogP contribution in [0.4, 0.5) is 0 Å². The summed E-state index contributed by atoms with van der Waals surface area (Å²) in [5.41, 5.74) is -0.787. The lowest BCUT2D eigenvalue weighted by Gasteiger charge is -2.26. The van der Waals surface area contributed by atoms with Crippen molar-refractivity contribution in [1.29, 1.82) is 0 Å². The van der Waals surface area contributed by atoms with Crippen molar-refractivity contribution in [2.75, 3.05) is 18.1 Å². The second-order valence-electron chi connectivity index (χ2n) is 5.21. The molecule has 1 aliphatic carbocycles. The van der Waals surface area contributed by atoms with E-state index in [0.717, 1.165) is 38.0 Å². The Kier molecular flexibility index (Phi) is 4.33. The largest absolute Gasteiger partial charge is 0.480 e. The van der Waals surface area contributed by atoms with Gasteiger partial charge in [-0.1, -0.05) is 0 Å². The lowest BCUT2D eigenvalue weighted by atomic mass is 10.1. The van der Waals surface area contributed by atoms with Crippen LogP contribution in [0.2, 0.25) is 0 Å². The average Bonchev–Trinajstić information content (AvgIpc) is 2.93. The summed E-state index contributed by atoms with van der Waals surface area (Å²) in [5.74, 6) is 0.776. The van der Waals surface area contributed by atoms with E-state index >= 15 is 0 Å². The number of nitrogens with one attached hydrogen (secondary N) is 1. The van der Waals surface area contributed by atoms with E-state index in [2.05, 4.69) is 5.32 Å². The second kappa shape index (κ2) is 5.59. The van der Waals surface area contributed by atoms with Crippen molar-refractivity contribution in [3.05, 3.63) is 0 Å². The highest BCUT2D eigenvalue weighted by molar-refractivity contribution is 7.99. The number of aliphatic carboxylic acids is 1. The highest BCUT2D eigenvalue weighted by atomic mass is 32.2. The predicted octanol–water partition coefficient (Wildman–Crippen LogP) is 1.49. The van der Waals surface area contributed by atoms with Gasteiger partial charge in [0.1, 0.15) is 5.54 Å². The molecule has 2 aliphatic rings. The molecule has 1 saturated carbocycles. The second-order valence-corrected chi connectivity index (χ2v) is 6.24. The third kappa shape index (κ3) is 3.86. The van der Waals surface area contributed by atoms with Crippen molar-refractivity contribution in [3.63, 3.8) is 0 Å². The van der Waals surface area contributed by atoms with Gasteiger partial charge in [-0.2, -0.15) is 11.8 Å². The van der Waals surface area contributed by atoms with Crippen LogP contribution in [0.3, 0.4) is 0 Å². The van der Waals surface area contributed by atoms with Gasteiger partial charge in [-0.3, -0.25) is 10.1 Å². The first kappa shape index (κ1) is 13.2. The highest BCUT2D eigenvalue weighted by Gasteiger charge is 2.38. The van der Waals surface area contributed by atoms with Gasteiger partial charge in [-0.25, -0.2) is 0 Å². The van der Waals surface area contributed by atoms with Crippen molar-refractivity contribution >= 4 is 17.7 Å². The molecule has 5 heteroatoms. The topological polar surface area (TPSA) is 58.6 Å². The number of rotatable bonds is 7. The van der Waals surface area contributed by atoms with Crippen molar-refractivity contribution in [1.82, 2.24) is 5.32 Å². The quantitative estimate of drug-likeness (QED) is 0.725. The summed E-state index contributed by atoms with van der Waals surface area (Å²) >= 11 is 1.69. The molecule has 2 fully saturated rings. The Hall–Kier alpha value is -0.260. The molecule has 0 amide bonds. The molecule has 1 saturated heterocycles. The fraction of sp³-hybridized carbons (Fsp3) is 0.917. The monoisotopic (exact) mass is 259 g/mol. The van der Waals surface area contributed by atoms with Gasteiger partial charge in [-0.15, -0.1) is 0 Å². The standard InChI is InChI=1S/C12H21NO3S/c1-12(11(14)15,13-9-4-5-9)8-17-7-10-3-2-6-16-10/h9-10,13H,2-8H2,1H3,(H,14,15). The first-order valence-corrected chi connectivity index (χ1v) is 7.46. The van der Waals surface area contributed by atoms with E-state index in [1.54, 1.807) is 18.7 Å². The van der Waals surface area contributed by atoms with Crippen LogP contribution in [0.25, 0.3) is 0 Å². The van der Waals surface area contributed by atoms with E-state index in [1.807, 2.05) is 0 Å². The van der Waals surface area contributed by atoms with Gasteiger partial charge in [-0.05, 0) is 32.6 Å². The molecule has 0 radical (unpaired) electrons.